The van der Waals surface area contributed by atoms with Gasteiger partial charge < -0.3 is 19.3 Å². The summed E-state index contributed by atoms with van der Waals surface area (Å²) in [6.45, 7) is 8.87. The van der Waals surface area contributed by atoms with Gasteiger partial charge in [-0.05, 0) is 34.6 Å². The normalized spacial score (nSPS) is 38.3. The smallest absolute Gasteiger partial charge is 0.235 e. The number of hydrogen-bond acceptors (Lipinski definition) is 4. The molecule has 4 nitrogen and oxygen atoms in total. The SMILES string of the molecule is CC(C)OC[C@H]1O[C@](C)(F)[C@@H](O)C1OC(C)C. The van der Waals surface area contributed by atoms with E-state index in [4.69, 9.17) is 14.2 Å². The molecule has 1 unspecified atom stereocenters. The van der Waals surface area contributed by atoms with Gasteiger partial charge in [-0.1, -0.05) is 0 Å². The number of aliphatic hydroxyl groups is 1. The van der Waals surface area contributed by atoms with Crippen LogP contribution in [0.4, 0.5) is 4.39 Å². The molecule has 1 N–H and O–H groups in total. The van der Waals surface area contributed by atoms with Crippen molar-refractivity contribution in [3.8, 4) is 0 Å². The van der Waals surface area contributed by atoms with Crippen molar-refractivity contribution in [2.75, 3.05) is 6.61 Å². The average Bonchev–Trinajstić information content (AvgIpc) is 2.38. The highest BCUT2D eigenvalue weighted by molar-refractivity contribution is 4.94. The Hall–Kier alpha value is -0.230. The molecule has 1 heterocycles. The summed E-state index contributed by atoms with van der Waals surface area (Å²) in [6, 6.07) is 0. The van der Waals surface area contributed by atoms with Crippen molar-refractivity contribution in [3.05, 3.63) is 0 Å². The quantitative estimate of drug-likeness (QED) is 0.806. The van der Waals surface area contributed by atoms with E-state index in [1.165, 1.54) is 6.92 Å². The lowest BCUT2D eigenvalue weighted by atomic mass is 10.1. The molecule has 1 aliphatic rings. The van der Waals surface area contributed by atoms with Gasteiger partial charge in [-0.15, -0.1) is 0 Å². The van der Waals surface area contributed by atoms with Crippen LogP contribution in [0.2, 0.25) is 0 Å². The van der Waals surface area contributed by atoms with E-state index in [-0.39, 0.29) is 18.8 Å². The van der Waals surface area contributed by atoms with E-state index in [0.29, 0.717) is 0 Å². The fraction of sp³-hybridized carbons (Fsp3) is 1.00. The molecule has 0 saturated carbocycles. The Labute approximate surface area is 102 Å². The molecular weight excluding hydrogens is 227 g/mol. The van der Waals surface area contributed by atoms with Crippen LogP contribution in [0.25, 0.3) is 0 Å². The first kappa shape index (κ1) is 14.8. The Morgan fingerprint density at radius 1 is 1.29 bits per heavy atom. The van der Waals surface area contributed by atoms with Gasteiger partial charge in [-0.25, -0.2) is 4.39 Å². The van der Waals surface area contributed by atoms with Gasteiger partial charge in [0.1, 0.15) is 18.3 Å². The maximum absolute atomic E-state index is 13.9. The first-order valence-electron chi connectivity index (χ1n) is 6.06. The van der Waals surface area contributed by atoms with Crippen LogP contribution in [-0.2, 0) is 14.2 Å². The van der Waals surface area contributed by atoms with Gasteiger partial charge in [0.2, 0.25) is 5.85 Å². The molecule has 0 aromatic rings. The standard InChI is InChI=1S/C12H23FO4/c1-7(2)15-6-9-10(16-8(3)4)11(14)12(5,13)17-9/h7-11,14H,6H2,1-5H3/t9-,10?,11+,12+/m1/s1. The first-order chi connectivity index (χ1) is 7.74. The lowest BCUT2D eigenvalue weighted by molar-refractivity contribution is -0.170. The predicted octanol–water partition coefficient (Wildman–Crippen LogP) is 1.65. The van der Waals surface area contributed by atoms with Gasteiger partial charge >= 0.3 is 0 Å². The molecule has 0 spiro atoms. The topological polar surface area (TPSA) is 47.9 Å². The third kappa shape index (κ3) is 3.88. The van der Waals surface area contributed by atoms with Crippen LogP contribution in [0.3, 0.4) is 0 Å². The largest absolute Gasteiger partial charge is 0.384 e. The zero-order valence-corrected chi connectivity index (χ0v) is 11.1. The third-order valence-corrected chi connectivity index (χ3v) is 2.61. The molecular formula is C12H23FO4. The van der Waals surface area contributed by atoms with Crippen LogP contribution >= 0.6 is 0 Å². The molecule has 0 bridgehead atoms. The molecule has 0 aromatic carbocycles. The van der Waals surface area contributed by atoms with Crippen molar-refractivity contribution in [2.24, 2.45) is 0 Å². The second kappa shape index (κ2) is 5.61. The second-order valence-electron chi connectivity index (χ2n) is 5.12. The van der Waals surface area contributed by atoms with E-state index in [0.717, 1.165) is 0 Å². The fourth-order valence-electron chi connectivity index (χ4n) is 1.82. The van der Waals surface area contributed by atoms with Crippen LogP contribution in [0.1, 0.15) is 34.6 Å². The summed E-state index contributed by atoms with van der Waals surface area (Å²) in [5.41, 5.74) is 0. The maximum Gasteiger partial charge on any atom is 0.235 e. The van der Waals surface area contributed by atoms with Crippen LogP contribution in [0.5, 0.6) is 0 Å². The Kier molecular flexibility index (Phi) is 4.89. The number of rotatable bonds is 5. The Morgan fingerprint density at radius 2 is 1.88 bits per heavy atom. The van der Waals surface area contributed by atoms with Gasteiger partial charge in [0.15, 0.2) is 0 Å². The van der Waals surface area contributed by atoms with Gasteiger partial charge in [0, 0.05) is 0 Å². The molecule has 1 rings (SSSR count). The van der Waals surface area contributed by atoms with Crippen LogP contribution in [0, 0.1) is 0 Å². The van der Waals surface area contributed by atoms with E-state index in [1.54, 1.807) is 0 Å². The van der Waals surface area contributed by atoms with E-state index in [2.05, 4.69) is 0 Å². The van der Waals surface area contributed by atoms with Crippen molar-refractivity contribution in [1.82, 2.24) is 0 Å². The van der Waals surface area contributed by atoms with Crippen molar-refractivity contribution in [1.29, 1.82) is 0 Å². The third-order valence-electron chi connectivity index (χ3n) is 2.61. The molecule has 4 atom stereocenters. The van der Waals surface area contributed by atoms with E-state index < -0.39 is 24.2 Å². The molecule has 0 radical (unpaired) electrons. The highest BCUT2D eigenvalue weighted by Crippen LogP contribution is 2.34. The second-order valence-corrected chi connectivity index (χ2v) is 5.12. The predicted molar refractivity (Wildman–Crippen MR) is 61.5 cm³/mol. The molecule has 1 fully saturated rings. The summed E-state index contributed by atoms with van der Waals surface area (Å²) in [7, 11) is 0. The highest BCUT2D eigenvalue weighted by atomic mass is 19.2. The minimum Gasteiger partial charge on any atom is -0.384 e. The van der Waals surface area contributed by atoms with Gasteiger partial charge in [0.25, 0.3) is 0 Å². The molecule has 1 aliphatic heterocycles. The Balaban J connectivity index is 2.65. The van der Waals surface area contributed by atoms with Crippen LogP contribution in [0.15, 0.2) is 0 Å². The summed E-state index contributed by atoms with van der Waals surface area (Å²) in [5, 5.41) is 9.82. The highest BCUT2D eigenvalue weighted by Gasteiger charge is 2.53. The van der Waals surface area contributed by atoms with E-state index in [1.807, 2.05) is 27.7 Å². The van der Waals surface area contributed by atoms with Crippen molar-refractivity contribution >= 4 is 0 Å². The summed E-state index contributed by atoms with van der Waals surface area (Å²) in [6.07, 6.45) is -2.63. The molecule has 1 saturated heterocycles. The number of ether oxygens (including phenoxy) is 3. The minimum atomic E-state index is -2.08. The Morgan fingerprint density at radius 3 is 2.35 bits per heavy atom. The van der Waals surface area contributed by atoms with Crippen LogP contribution in [-0.4, -0.2) is 48.1 Å². The lowest BCUT2D eigenvalue weighted by Crippen LogP contribution is -2.41. The molecule has 0 aromatic heterocycles. The van der Waals surface area contributed by atoms with Gasteiger partial charge in [-0.2, -0.15) is 0 Å². The maximum atomic E-state index is 13.9. The first-order valence-corrected chi connectivity index (χ1v) is 6.06. The number of hydrogen-bond donors (Lipinski definition) is 1. The van der Waals surface area contributed by atoms with E-state index in [9.17, 15) is 9.50 Å². The van der Waals surface area contributed by atoms with E-state index >= 15 is 0 Å². The molecule has 0 amide bonds. The average molecular weight is 250 g/mol. The van der Waals surface area contributed by atoms with Gasteiger partial charge in [-0.3, -0.25) is 0 Å². The number of alkyl halides is 1. The van der Waals surface area contributed by atoms with Crippen molar-refractivity contribution < 1.29 is 23.7 Å². The van der Waals surface area contributed by atoms with Gasteiger partial charge in [0.05, 0.1) is 18.8 Å². The molecule has 102 valence electrons. The summed E-state index contributed by atoms with van der Waals surface area (Å²) >= 11 is 0. The Bertz CT molecular complexity index is 243. The van der Waals surface area contributed by atoms with Crippen molar-refractivity contribution in [2.45, 2.75) is 71.0 Å². The lowest BCUT2D eigenvalue weighted by Gasteiger charge is -2.23. The minimum absolute atomic E-state index is 0.0295. The summed E-state index contributed by atoms with van der Waals surface area (Å²) in [5.74, 6) is -2.08. The van der Waals surface area contributed by atoms with Crippen molar-refractivity contribution in [3.63, 3.8) is 0 Å². The zero-order valence-electron chi connectivity index (χ0n) is 11.1. The number of halogens is 1. The zero-order chi connectivity index (χ0) is 13.2. The molecule has 17 heavy (non-hydrogen) atoms. The molecule has 0 aliphatic carbocycles. The monoisotopic (exact) mass is 250 g/mol. The summed E-state index contributed by atoms with van der Waals surface area (Å²) in [4.78, 5) is 0. The summed E-state index contributed by atoms with van der Waals surface area (Å²) < 4.78 is 29.9. The number of aliphatic hydroxyl groups excluding tert-OH is 1. The fourth-order valence-corrected chi connectivity index (χ4v) is 1.82. The van der Waals surface area contributed by atoms with Crippen LogP contribution < -0.4 is 0 Å². The molecule has 5 heteroatoms.